The minimum absolute atomic E-state index is 0. The van der Waals surface area contributed by atoms with E-state index in [0.29, 0.717) is 0 Å². The second-order valence-electron chi connectivity index (χ2n) is 4.25. The molecule has 0 heterocycles. The maximum Gasteiger partial charge on any atom is 0.0137 e. The van der Waals surface area contributed by atoms with Gasteiger partial charge in [-0.25, -0.2) is 0 Å². The Balaban J connectivity index is 0. The van der Waals surface area contributed by atoms with Crippen LogP contribution in [0.2, 0.25) is 0 Å². The summed E-state index contributed by atoms with van der Waals surface area (Å²) in [5.41, 5.74) is 1.40. The van der Waals surface area contributed by atoms with Crippen molar-refractivity contribution in [3.8, 4) is 0 Å². The zero-order chi connectivity index (χ0) is 10.6. The normalized spacial score (nSPS) is 9.53. The van der Waals surface area contributed by atoms with E-state index >= 15 is 0 Å². The molecule has 2 heteroatoms. The zero-order valence-electron chi connectivity index (χ0n) is 10.6. The molecule has 0 aliphatic heterocycles. The Morgan fingerprint density at radius 2 is 1.60 bits per heavy atom. The van der Waals surface area contributed by atoms with Gasteiger partial charge in [-0.2, -0.15) is 0 Å². The molecule has 0 atom stereocenters. The van der Waals surface area contributed by atoms with Crippen molar-refractivity contribution in [3.63, 3.8) is 0 Å². The smallest absolute Gasteiger partial charge is 0.0137 e. The monoisotopic (exact) mass is 233 g/mol. The van der Waals surface area contributed by atoms with Crippen molar-refractivity contribution < 1.29 is 0 Å². The Labute approximate surface area is 102 Å². The van der Waals surface area contributed by atoms with Crippen LogP contribution in [0.25, 0.3) is 0 Å². The van der Waals surface area contributed by atoms with Crippen LogP contribution in [0, 0.1) is 0 Å². The summed E-state index contributed by atoms with van der Waals surface area (Å²) in [6.07, 6.45) is 10.6. The molecule has 0 aliphatic carbocycles. The molecule has 0 saturated carbocycles. The van der Waals surface area contributed by atoms with Crippen molar-refractivity contribution in [2.75, 3.05) is 13.1 Å². The first-order valence-electron chi connectivity index (χ1n) is 6.11. The van der Waals surface area contributed by atoms with Gasteiger partial charge in [0, 0.05) is 6.54 Å². The van der Waals surface area contributed by atoms with Crippen LogP contribution in [-0.4, -0.2) is 13.1 Å². The fraction of sp³-hybridized carbons (Fsp3) is 0.846. The molecule has 0 saturated heterocycles. The van der Waals surface area contributed by atoms with Gasteiger partial charge in [0.05, 0.1) is 0 Å². The first kappa shape index (κ1) is 17.4. The molecule has 0 fully saturated rings. The van der Waals surface area contributed by atoms with Crippen molar-refractivity contribution in [2.24, 2.45) is 0 Å². The van der Waals surface area contributed by atoms with Crippen LogP contribution in [0.15, 0.2) is 11.6 Å². The highest BCUT2D eigenvalue weighted by atomic mass is 35.5. The maximum atomic E-state index is 3.43. The zero-order valence-corrected chi connectivity index (χ0v) is 11.5. The molecule has 15 heavy (non-hydrogen) atoms. The van der Waals surface area contributed by atoms with E-state index in [1.54, 1.807) is 0 Å². The molecular formula is C13H28ClN. The minimum Gasteiger partial charge on any atom is -0.313 e. The molecule has 0 aliphatic rings. The Morgan fingerprint density at radius 1 is 1.00 bits per heavy atom. The predicted molar refractivity (Wildman–Crippen MR) is 72.9 cm³/mol. The number of hydrogen-bond acceptors (Lipinski definition) is 1. The van der Waals surface area contributed by atoms with E-state index in [1.165, 1.54) is 50.6 Å². The highest BCUT2D eigenvalue weighted by Gasteiger charge is 1.89. The van der Waals surface area contributed by atoms with Crippen LogP contribution in [0.5, 0.6) is 0 Å². The largest absolute Gasteiger partial charge is 0.313 e. The van der Waals surface area contributed by atoms with Crippen LogP contribution in [0.4, 0.5) is 0 Å². The van der Waals surface area contributed by atoms with Crippen molar-refractivity contribution in [2.45, 2.75) is 59.3 Å². The second-order valence-corrected chi connectivity index (χ2v) is 4.25. The summed E-state index contributed by atoms with van der Waals surface area (Å²) in [5, 5.41) is 3.43. The van der Waals surface area contributed by atoms with E-state index in [9.17, 15) is 0 Å². The second kappa shape index (κ2) is 14.0. The molecule has 0 aromatic heterocycles. The highest BCUT2D eigenvalue weighted by molar-refractivity contribution is 5.85. The van der Waals surface area contributed by atoms with E-state index in [2.05, 4.69) is 32.2 Å². The fourth-order valence-corrected chi connectivity index (χ4v) is 1.41. The summed E-state index contributed by atoms with van der Waals surface area (Å²) in [6.45, 7) is 8.77. The lowest BCUT2D eigenvalue weighted by molar-refractivity contribution is 0.585. The Kier molecular flexibility index (Phi) is 16.2. The quantitative estimate of drug-likeness (QED) is 0.462. The number of rotatable bonds is 9. The van der Waals surface area contributed by atoms with E-state index < -0.39 is 0 Å². The number of nitrogens with one attached hydrogen (secondary N) is 1. The van der Waals surface area contributed by atoms with Gasteiger partial charge in [-0.3, -0.25) is 0 Å². The third-order valence-corrected chi connectivity index (χ3v) is 2.36. The van der Waals surface area contributed by atoms with Crippen LogP contribution >= 0.6 is 12.4 Å². The van der Waals surface area contributed by atoms with E-state index in [0.717, 1.165) is 6.54 Å². The van der Waals surface area contributed by atoms with Crippen molar-refractivity contribution in [3.05, 3.63) is 11.6 Å². The first-order valence-corrected chi connectivity index (χ1v) is 6.11. The van der Waals surface area contributed by atoms with Gasteiger partial charge in [0.15, 0.2) is 0 Å². The lowest BCUT2D eigenvalue weighted by Gasteiger charge is -2.02. The SMILES string of the molecule is CCCCCCCCNCC=C(C)C.Cl. The standard InChI is InChI=1S/C13H27N.ClH/c1-4-5-6-7-8-9-11-14-12-10-13(2)3;/h10,14H,4-9,11-12H2,1-3H3;1H. The van der Waals surface area contributed by atoms with Crippen LogP contribution in [0.3, 0.4) is 0 Å². The van der Waals surface area contributed by atoms with Gasteiger partial charge < -0.3 is 5.32 Å². The molecule has 1 N–H and O–H groups in total. The number of hydrogen-bond donors (Lipinski definition) is 1. The predicted octanol–water partition coefficient (Wildman–Crippen LogP) is 4.32. The molecule has 0 unspecified atom stereocenters. The van der Waals surface area contributed by atoms with Gasteiger partial charge in [0.1, 0.15) is 0 Å². The summed E-state index contributed by atoms with van der Waals surface area (Å²) >= 11 is 0. The number of allylic oxidation sites excluding steroid dienone is 1. The van der Waals surface area contributed by atoms with Crippen molar-refractivity contribution >= 4 is 12.4 Å². The van der Waals surface area contributed by atoms with Gasteiger partial charge in [0.25, 0.3) is 0 Å². The summed E-state index contributed by atoms with van der Waals surface area (Å²) in [6, 6.07) is 0. The van der Waals surface area contributed by atoms with Gasteiger partial charge in [-0.1, -0.05) is 50.7 Å². The van der Waals surface area contributed by atoms with Crippen LogP contribution in [0.1, 0.15) is 59.3 Å². The van der Waals surface area contributed by atoms with Crippen molar-refractivity contribution in [1.29, 1.82) is 0 Å². The Hall–Kier alpha value is -0.0100. The summed E-state index contributed by atoms with van der Waals surface area (Å²) < 4.78 is 0. The van der Waals surface area contributed by atoms with E-state index in [1.807, 2.05) is 0 Å². The average molecular weight is 234 g/mol. The van der Waals surface area contributed by atoms with E-state index in [4.69, 9.17) is 0 Å². The molecule has 0 spiro atoms. The van der Waals surface area contributed by atoms with Gasteiger partial charge in [-0.05, 0) is 26.8 Å². The first-order chi connectivity index (χ1) is 6.77. The minimum atomic E-state index is 0. The lowest BCUT2D eigenvalue weighted by Crippen LogP contribution is -2.15. The van der Waals surface area contributed by atoms with E-state index in [-0.39, 0.29) is 12.4 Å². The fourth-order valence-electron chi connectivity index (χ4n) is 1.41. The summed E-state index contributed by atoms with van der Waals surface area (Å²) in [4.78, 5) is 0. The van der Waals surface area contributed by atoms with Gasteiger partial charge >= 0.3 is 0 Å². The lowest BCUT2D eigenvalue weighted by atomic mass is 10.1. The molecule has 1 nitrogen and oxygen atoms in total. The van der Waals surface area contributed by atoms with Crippen molar-refractivity contribution in [1.82, 2.24) is 5.32 Å². The molecular weight excluding hydrogens is 206 g/mol. The molecule has 0 amide bonds. The molecule has 92 valence electrons. The summed E-state index contributed by atoms with van der Waals surface area (Å²) in [5.74, 6) is 0. The van der Waals surface area contributed by atoms with Gasteiger partial charge in [0.2, 0.25) is 0 Å². The van der Waals surface area contributed by atoms with Crippen LogP contribution < -0.4 is 5.32 Å². The molecule has 0 rings (SSSR count). The highest BCUT2D eigenvalue weighted by Crippen LogP contribution is 2.03. The van der Waals surface area contributed by atoms with Crippen LogP contribution in [-0.2, 0) is 0 Å². The topological polar surface area (TPSA) is 12.0 Å². The Bertz CT molecular complexity index is 139. The Morgan fingerprint density at radius 3 is 2.20 bits per heavy atom. The molecule has 0 aromatic rings. The molecule has 0 bridgehead atoms. The van der Waals surface area contributed by atoms with Gasteiger partial charge in [-0.15, -0.1) is 12.4 Å². The third-order valence-electron chi connectivity index (χ3n) is 2.36. The third kappa shape index (κ3) is 16.7. The maximum absolute atomic E-state index is 3.43. The summed E-state index contributed by atoms with van der Waals surface area (Å²) in [7, 11) is 0. The average Bonchev–Trinajstić information content (AvgIpc) is 2.15. The molecule has 0 radical (unpaired) electrons. The number of halogens is 1. The number of unbranched alkanes of at least 4 members (excludes halogenated alkanes) is 5. The molecule has 0 aromatic carbocycles.